The molecule has 0 saturated carbocycles. The van der Waals surface area contributed by atoms with Crippen LogP contribution in [-0.4, -0.2) is 17.1 Å². The van der Waals surface area contributed by atoms with Crippen LogP contribution in [0.2, 0.25) is 0 Å². The fourth-order valence-electron chi connectivity index (χ4n) is 1.33. The van der Waals surface area contributed by atoms with E-state index in [2.05, 4.69) is 5.32 Å². The predicted octanol–water partition coefficient (Wildman–Crippen LogP) is 0.201. The molecular weight excluding hydrogens is 158 g/mol. The van der Waals surface area contributed by atoms with Crippen molar-refractivity contribution in [2.75, 3.05) is 0 Å². The topological polar surface area (TPSA) is 62.5 Å². The van der Waals surface area contributed by atoms with E-state index < -0.39 is 6.10 Å². The van der Waals surface area contributed by atoms with Gasteiger partial charge in [0.05, 0.1) is 12.3 Å². The first kappa shape index (κ1) is 7.36. The van der Waals surface area contributed by atoms with Gasteiger partial charge in [-0.25, -0.2) is 0 Å². The van der Waals surface area contributed by atoms with E-state index in [1.165, 1.54) is 0 Å². The first-order chi connectivity index (χ1) is 5.77. The van der Waals surface area contributed by atoms with Gasteiger partial charge in [-0.05, 0) is 12.1 Å². The van der Waals surface area contributed by atoms with Crippen molar-refractivity contribution in [3.63, 3.8) is 0 Å². The lowest BCUT2D eigenvalue weighted by Crippen LogP contribution is -2.23. The van der Waals surface area contributed by atoms with E-state index in [9.17, 15) is 4.79 Å². The monoisotopic (exact) mass is 167 g/mol. The van der Waals surface area contributed by atoms with E-state index in [0.29, 0.717) is 12.2 Å². The second-order valence-electron chi connectivity index (χ2n) is 2.83. The molecule has 4 heteroatoms. The Hall–Kier alpha value is -1.29. The van der Waals surface area contributed by atoms with E-state index in [1.54, 1.807) is 18.4 Å². The molecule has 12 heavy (non-hydrogen) atoms. The number of rotatable bonds is 1. The Labute approximate surface area is 69.2 Å². The zero-order valence-corrected chi connectivity index (χ0v) is 6.36. The molecule has 1 aromatic rings. The number of carbonyl (C=O) groups is 1. The zero-order chi connectivity index (χ0) is 8.55. The Morgan fingerprint density at radius 1 is 1.67 bits per heavy atom. The molecular formula is C8H9NO3. The molecule has 2 atom stereocenters. The SMILES string of the molecule is O=C1N[C@@H](c2ccco2)C[C@H]1O. The fraction of sp³-hybridized carbons (Fsp3) is 0.375. The second-order valence-corrected chi connectivity index (χ2v) is 2.83. The highest BCUT2D eigenvalue weighted by molar-refractivity contribution is 5.83. The molecule has 1 fully saturated rings. The van der Waals surface area contributed by atoms with Gasteiger partial charge in [-0.3, -0.25) is 4.79 Å². The van der Waals surface area contributed by atoms with Crippen molar-refractivity contribution < 1.29 is 14.3 Å². The summed E-state index contributed by atoms with van der Waals surface area (Å²) < 4.78 is 5.09. The van der Waals surface area contributed by atoms with Gasteiger partial charge in [0.25, 0.3) is 0 Å². The van der Waals surface area contributed by atoms with Crippen molar-refractivity contribution in [2.24, 2.45) is 0 Å². The lowest BCUT2D eigenvalue weighted by atomic mass is 10.1. The number of aliphatic hydroxyl groups is 1. The lowest BCUT2D eigenvalue weighted by molar-refractivity contribution is -0.126. The number of furan rings is 1. The molecule has 0 unspecified atom stereocenters. The summed E-state index contributed by atoms with van der Waals surface area (Å²) in [5.41, 5.74) is 0. The molecule has 1 aliphatic heterocycles. The van der Waals surface area contributed by atoms with Crippen LogP contribution < -0.4 is 5.32 Å². The summed E-state index contributed by atoms with van der Waals surface area (Å²) in [7, 11) is 0. The van der Waals surface area contributed by atoms with Crippen LogP contribution in [0.3, 0.4) is 0 Å². The van der Waals surface area contributed by atoms with Crippen molar-refractivity contribution in [1.29, 1.82) is 0 Å². The van der Waals surface area contributed by atoms with Gasteiger partial charge in [-0.1, -0.05) is 0 Å². The third-order valence-electron chi connectivity index (χ3n) is 1.96. The number of aliphatic hydroxyl groups excluding tert-OH is 1. The standard InChI is InChI=1S/C8H9NO3/c10-6-4-5(9-8(6)11)7-2-1-3-12-7/h1-3,5-6,10H,4H2,(H,9,11)/t5-,6-/m1/s1. The summed E-state index contributed by atoms with van der Waals surface area (Å²) in [6.45, 7) is 0. The van der Waals surface area contributed by atoms with Crippen molar-refractivity contribution in [2.45, 2.75) is 18.6 Å². The van der Waals surface area contributed by atoms with Crippen molar-refractivity contribution in [3.05, 3.63) is 24.2 Å². The minimum absolute atomic E-state index is 0.164. The van der Waals surface area contributed by atoms with E-state index in [4.69, 9.17) is 9.52 Å². The van der Waals surface area contributed by atoms with E-state index in [-0.39, 0.29) is 11.9 Å². The van der Waals surface area contributed by atoms with Crippen LogP contribution in [0.25, 0.3) is 0 Å². The number of amides is 1. The van der Waals surface area contributed by atoms with Gasteiger partial charge in [0.2, 0.25) is 5.91 Å². The Bertz CT molecular complexity index is 281. The molecule has 1 saturated heterocycles. The number of hydrogen-bond donors (Lipinski definition) is 2. The molecule has 1 amide bonds. The van der Waals surface area contributed by atoms with Crippen molar-refractivity contribution in [3.8, 4) is 0 Å². The molecule has 2 rings (SSSR count). The number of nitrogens with one attached hydrogen (secondary N) is 1. The Balaban J connectivity index is 2.14. The predicted molar refractivity (Wildman–Crippen MR) is 40.2 cm³/mol. The normalized spacial score (nSPS) is 28.9. The Morgan fingerprint density at radius 2 is 2.50 bits per heavy atom. The maximum Gasteiger partial charge on any atom is 0.249 e. The summed E-state index contributed by atoms with van der Waals surface area (Å²) in [4.78, 5) is 10.9. The summed E-state index contributed by atoms with van der Waals surface area (Å²) >= 11 is 0. The molecule has 1 aliphatic rings. The van der Waals surface area contributed by atoms with Gasteiger partial charge in [-0.2, -0.15) is 0 Å². The Morgan fingerprint density at radius 3 is 3.00 bits per heavy atom. The van der Waals surface area contributed by atoms with Gasteiger partial charge in [0.1, 0.15) is 11.9 Å². The van der Waals surface area contributed by atoms with E-state index >= 15 is 0 Å². The van der Waals surface area contributed by atoms with Gasteiger partial charge in [-0.15, -0.1) is 0 Å². The van der Waals surface area contributed by atoms with Gasteiger partial charge in [0.15, 0.2) is 0 Å². The highest BCUT2D eigenvalue weighted by Gasteiger charge is 2.32. The molecule has 2 N–H and O–H groups in total. The zero-order valence-electron chi connectivity index (χ0n) is 6.36. The first-order valence-electron chi connectivity index (χ1n) is 3.79. The molecule has 0 radical (unpaired) electrons. The molecule has 1 aromatic heterocycles. The van der Waals surface area contributed by atoms with Crippen molar-refractivity contribution >= 4 is 5.91 Å². The molecule has 0 aliphatic carbocycles. The quantitative estimate of drug-likeness (QED) is 0.628. The summed E-state index contributed by atoms with van der Waals surface area (Å²) in [6.07, 6.45) is 1.05. The number of carbonyl (C=O) groups excluding carboxylic acids is 1. The summed E-state index contributed by atoms with van der Waals surface area (Å²) in [6, 6.07) is 3.37. The smallest absolute Gasteiger partial charge is 0.249 e. The van der Waals surface area contributed by atoms with Crippen LogP contribution >= 0.6 is 0 Å². The molecule has 0 aromatic carbocycles. The minimum Gasteiger partial charge on any atom is -0.467 e. The van der Waals surface area contributed by atoms with Crippen LogP contribution in [0, 0.1) is 0 Å². The average Bonchev–Trinajstić information content (AvgIpc) is 2.61. The highest BCUT2D eigenvalue weighted by Crippen LogP contribution is 2.23. The highest BCUT2D eigenvalue weighted by atomic mass is 16.3. The van der Waals surface area contributed by atoms with Crippen LogP contribution in [0.15, 0.2) is 22.8 Å². The molecule has 4 nitrogen and oxygen atoms in total. The molecule has 2 heterocycles. The van der Waals surface area contributed by atoms with E-state index in [0.717, 1.165) is 0 Å². The third-order valence-corrected chi connectivity index (χ3v) is 1.96. The molecule has 0 spiro atoms. The van der Waals surface area contributed by atoms with Crippen LogP contribution in [0.4, 0.5) is 0 Å². The van der Waals surface area contributed by atoms with Gasteiger partial charge in [0, 0.05) is 6.42 Å². The van der Waals surface area contributed by atoms with Crippen LogP contribution in [0.1, 0.15) is 18.2 Å². The first-order valence-corrected chi connectivity index (χ1v) is 3.79. The number of hydrogen-bond acceptors (Lipinski definition) is 3. The van der Waals surface area contributed by atoms with Crippen LogP contribution in [-0.2, 0) is 4.79 Å². The Kier molecular flexibility index (Phi) is 1.62. The van der Waals surface area contributed by atoms with Crippen molar-refractivity contribution in [1.82, 2.24) is 5.32 Å². The fourth-order valence-corrected chi connectivity index (χ4v) is 1.33. The second kappa shape index (κ2) is 2.64. The summed E-state index contributed by atoms with van der Waals surface area (Å²) in [5, 5.41) is 11.7. The largest absolute Gasteiger partial charge is 0.467 e. The van der Waals surface area contributed by atoms with Crippen LogP contribution in [0.5, 0.6) is 0 Å². The van der Waals surface area contributed by atoms with Gasteiger partial charge < -0.3 is 14.8 Å². The maximum absolute atomic E-state index is 10.9. The lowest BCUT2D eigenvalue weighted by Gasteiger charge is -2.03. The maximum atomic E-state index is 10.9. The molecule has 64 valence electrons. The molecule has 0 bridgehead atoms. The van der Waals surface area contributed by atoms with E-state index in [1.807, 2.05) is 0 Å². The summed E-state index contributed by atoms with van der Waals surface area (Å²) in [5.74, 6) is 0.372. The average molecular weight is 167 g/mol. The van der Waals surface area contributed by atoms with Gasteiger partial charge >= 0.3 is 0 Å². The third kappa shape index (κ3) is 1.10. The minimum atomic E-state index is -0.889.